The normalized spacial score (nSPS) is 13.3. The maximum Gasteiger partial charge on any atom is 0.306 e. The smallest absolute Gasteiger partial charge is 0.306 e. The first kappa shape index (κ1) is 58.3. The second-order valence-electron chi connectivity index (χ2n) is 18.3. The van der Waals surface area contributed by atoms with Gasteiger partial charge in [0.15, 0.2) is 0 Å². The zero-order valence-corrected chi connectivity index (χ0v) is 40.4. The second kappa shape index (κ2) is 48.4. The van der Waals surface area contributed by atoms with E-state index >= 15 is 0 Å². The number of amides is 1. The Balaban J connectivity index is 4.48. The predicted octanol–water partition coefficient (Wildman–Crippen LogP) is 15.9. The molecular formula is C54H103NO5. The summed E-state index contributed by atoms with van der Waals surface area (Å²) in [6.07, 6.45) is 55.2. The number of carbonyl (C=O) groups is 2. The third kappa shape index (κ3) is 43.0. The van der Waals surface area contributed by atoms with Crippen LogP contribution in [0.1, 0.15) is 284 Å². The molecule has 0 aliphatic heterocycles. The molecular weight excluding hydrogens is 743 g/mol. The molecule has 0 aromatic carbocycles. The summed E-state index contributed by atoms with van der Waals surface area (Å²) in [4.78, 5) is 26.1. The van der Waals surface area contributed by atoms with Crippen molar-refractivity contribution < 1.29 is 24.5 Å². The molecule has 0 rings (SSSR count). The lowest BCUT2D eigenvalue weighted by Crippen LogP contribution is -2.46. The molecule has 0 spiro atoms. The van der Waals surface area contributed by atoms with E-state index in [0.29, 0.717) is 19.3 Å². The van der Waals surface area contributed by atoms with Crippen molar-refractivity contribution in [1.29, 1.82) is 0 Å². The molecule has 0 saturated carbocycles. The SMILES string of the molecule is CCCCCCCCC/C=C/C=C/CCCCCCCC(=O)OC(CCCCCCCCCCCC)CC(=O)NC(CO)C(O)CCCCCCCCCCCCCCC. The lowest BCUT2D eigenvalue weighted by molar-refractivity contribution is -0.151. The Morgan fingerprint density at radius 3 is 1.23 bits per heavy atom. The molecule has 60 heavy (non-hydrogen) atoms. The Hall–Kier alpha value is -1.66. The van der Waals surface area contributed by atoms with E-state index in [9.17, 15) is 19.8 Å². The van der Waals surface area contributed by atoms with E-state index in [-0.39, 0.29) is 24.9 Å². The van der Waals surface area contributed by atoms with Crippen molar-refractivity contribution in [2.75, 3.05) is 6.61 Å². The van der Waals surface area contributed by atoms with Gasteiger partial charge in [0.2, 0.25) is 5.91 Å². The molecule has 0 heterocycles. The third-order valence-corrected chi connectivity index (χ3v) is 12.3. The van der Waals surface area contributed by atoms with E-state index in [2.05, 4.69) is 50.4 Å². The summed E-state index contributed by atoms with van der Waals surface area (Å²) >= 11 is 0. The standard InChI is InChI=1S/C54H103NO5/c1-4-7-10-13-16-19-22-24-25-26-27-28-30-32-35-38-41-44-47-54(59)60-50(45-42-39-36-33-21-18-15-12-9-6-3)48-53(58)55-51(49-56)52(57)46-43-40-37-34-31-29-23-20-17-14-11-8-5-2/h25-28,50-52,56-57H,4-24,29-49H2,1-3H3,(H,55,58)/b26-25+,28-27+. The molecule has 3 unspecified atom stereocenters. The molecule has 6 heteroatoms. The van der Waals surface area contributed by atoms with E-state index in [0.717, 1.165) is 51.4 Å². The molecule has 3 atom stereocenters. The summed E-state index contributed by atoms with van der Waals surface area (Å²) < 4.78 is 5.93. The van der Waals surface area contributed by atoms with Crippen LogP contribution in [0.15, 0.2) is 24.3 Å². The molecule has 0 aliphatic carbocycles. The number of unbranched alkanes of at least 4 members (excludes halogenated alkanes) is 33. The summed E-state index contributed by atoms with van der Waals surface area (Å²) in [6, 6.07) is -0.699. The minimum atomic E-state index is -0.785. The van der Waals surface area contributed by atoms with Crippen molar-refractivity contribution in [2.24, 2.45) is 0 Å². The van der Waals surface area contributed by atoms with Crippen molar-refractivity contribution in [3.63, 3.8) is 0 Å². The number of rotatable bonds is 48. The van der Waals surface area contributed by atoms with Crippen molar-refractivity contribution in [1.82, 2.24) is 5.32 Å². The topological polar surface area (TPSA) is 95.9 Å². The zero-order chi connectivity index (χ0) is 43.8. The van der Waals surface area contributed by atoms with Gasteiger partial charge in [-0.3, -0.25) is 9.59 Å². The van der Waals surface area contributed by atoms with Gasteiger partial charge in [0, 0.05) is 6.42 Å². The van der Waals surface area contributed by atoms with Crippen LogP contribution in [0.4, 0.5) is 0 Å². The zero-order valence-electron chi connectivity index (χ0n) is 40.4. The molecule has 6 nitrogen and oxygen atoms in total. The Kier molecular flexibility index (Phi) is 47.0. The second-order valence-corrected chi connectivity index (χ2v) is 18.3. The van der Waals surface area contributed by atoms with Gasteiger partial charge in [0.25, 0.3) is 0 Å². The average Bonchev–Trinajstić information content (AvgIpc) is 3.24. The summed E-state index contributed by atoms with van der Waals surface area (Å²) in [5.74, 6) is -0.478. The molecule has 0 aliphatic rings. The van der Waals surface area contributed by atoms with E-state index in [1.165, 1.54) is 186 Å². The van der Waals surface area contributed by atoms with Gasteiger partial charge in [0.1, 0.15) is 6.10 Å². The van der Waals surface area contributed by atoms with Crippen LogP contribution in [-0.4, -0.2) is 46.9 Å². The van der Waals surface area contributed by atoms with Gasteiger partial charge >= 0.3 is 5.97 Å². The van der Waals surface area contributed by atoms with Gasteiger partial charge in [-0.05, 0) is 51.4 Å². The third-order valence-electron chi connectivity index (χ3n) is 12.3. The highest BCUT2D eigenvalue weighted by atomic mass is 16.5. The number of nitrogens with one attached hydrogen (secondary N) is 1. The number of aliphatic hydroxyl groups excluding tert-OH is 2. The molecule has 0 fully saturated rings. The van der Waals surface area contributed by atoms with E-state index in [4.69, 9.17) is 4.74 Å². The molecule has 0 bridgehead atoms. The summed E-state index contributed by atoms with van der Waals surface area (Å²) in [7, 11) is 0. The molecule has 0 saturated heterocycles. The fourth-order valence-corrected chi connectivity index (χ4v) is 8.25. The number of allylic oxidation sites excluding steroid dienone is 4. The average molecular weight is 846 g/mol. The minimum absolute atomic E-state index is 0.0763. The largest absolute Gasteiger partial charge is 0.462 e. The highest BCUT2D eigenvalue weighted by molar-refractivity contribution is 5.77. The maximum atomic E-state index is 13.2. The predicted molar refractivity (Wildman–Crippen MR) is 260 cm³/mol. The monoisotopic (exact) mass is 846 g/mol. The number of aliphatic hydroxyl groups is 2. The number of hydrogen-bond acceptors (Lipinski definition) is 5. The lowest BCUT2D eigenvalue weighted by atomic mass is 10.0. The number of hydrogen-bond donors (Lipinski definition) is 3. The van der Waals surface area contributed by atoms with Gasteiger partial charge in [0.05, 0.1) is 25.2 Å². The van der Waals surface area contributed by atoms with Gasteiger partial charge in [-0.1, -0.05) is 244 Å². The van der Waals surface area contributed by atoms with Crippen LogP contribution >= 0.6 is 0 Å². The Labute approximate surface area is 373 Å². The number of esters is 1. The van der Waals surface area contributed by atoms with Crippen LogP contribution in [0.3, 0.4) is 0 Å². The first-order valence-corrected chi connectivity index (χ1v) is 26.6. The minimum Gasteiger partial charge on any atom is -0.462 e. The van der Waals surface area contributed by atoms with Crippen LogP contribution in [0.5, 0.6) is 0 Å². The Morgan fingerprint density at radius 2 is 0.833 bits per heavy atom. The van der Waals surface area contributed by atoms with Crippen LogP contribution in [0.2, 0.25) is 0 Å². The van der Waals surface area contributed by atoms with Crippen LogP contribution < -0.4 is 5.32 Å². The molecule has 0 radical (unpaired) electrons. The summed E-state index contributed by atoms with van der Waals surface area (Å²) in [5, 5.41) is 23.8. The highest BCUT2D eigenvalue weighted by Gasteiger charge is 2.24. The lowest BCUT2D eigenvalue weighted by Gasteiger charge is -2.24. The number of ether oxygens (including phenoxy) is 1. The van der Waals surface area contributed by atoms with Crippen molar-refractivity contribution in [2.45, 2.75) is 302 Å². The van der Waals surface area contributed by atoms with Gasteiger partial charge in [-0.25, -0.2) is 0 Å². The van der Waals surface area contributed by atoms with E-state index in [1.807, 2.05) is 0 Å². The first-order valence-electron chi connectivity index (χ1n) is 26.6. The molecule has 354 valence electrons. The Morgan fingerprint density at radius 1 is 0.483 bits per heavy atom. The van der Waals surface area contributed by atoms with Gasteiger partial charge in [-0.15, -0.1) is 0 Å². The Bertz CT molecular complexity index is 950. The van der Waals surface area contributed by atoms with Crippen LogP contribution in [-0.2, 0) is 14.3 Å². The fraction of sp³-hybridized carbons (Fsp3) is 0.889. The fourth-order valence-electron chi connectivity index (χ4n) is 8.25. The molecule has 0 aromatic rings. The van der Waals surface area contributed by atoms with E-state index in [1.54, 1.807) is 0 Å². The molecule has 1 amide bonds. The molecule has 0 aromatic heterocycles. The van der Waals surface area contributed by atoms with Crippen molar-refractivity contribution in [3.05, 3.63) is 24.3 Å². The highest BCUT2D eigenvalue weighted by Crippen LogP contribution is 2.18. The summed E-state index contributed by atoms with van der Waals surface area (Å²) in [5.41, 5.74) is 0. The van der Waals surface area contributed by atoms with Crippen LogP contribution in [0, 0.1) is 0 Å². The summed E-state index contributed by atoms with van der Waals surface area (Å²) in [6.45, 7) is 6.48. The van der Waals surface area contributed by atoms with Crippen molar-refractivity contribution >= 4 is 11.9 Å². The maximum absolute atomic E-state index is 13.2. The van der Waals surface area contributed by atoms with Gasteiger partial charge in [-0.2, -0.15) is 0 Å². The quantitative estimate of drug-likeness (QED) is 0.0322. The van der Waals surface area contributed by atoms with Crippen LogP contribution in [0.25, 0.3) is 0 Å². The van der Waals surface area contributed by atoms with Gasteiger partial charge < -0.3 is 20.3 Å². The number of carbonyl (C=O) groups excluding carboxylic acids is 2. The van der Waals surface area contributed by atoms with E-state index < -0.39 is 18.2 Å². The molecule has 3 N–H and O–H groups in total. The van der Waals surface area contributed by atoms with Crippen molar-refractivity contribution in [3.8, 4) is 0 Å². The first-order chi connectivity index (χ1) is 29.5.